The van der Waals surface area contributed by atoms with Crippen LogP contribution >= 0.6 is 0 Å². The molecule has 0 aromatic heterocycles. The predicted molar refractivity (Wildman–Crippen MR) is 96.9 cm³/mol. The van der Waals surface area contributed by atoms with E-state index in [0.717, 1.165) is 30.0 Å². The van der Waals surface area contributed by atoms with Crippen LogP contribution in [-0.2, 0) is 18.8 Å². The van der Waals surface area contributed by atoms with Gasteiger partial charge in [0.15, 0.2) is 0 Å². The van der Waals surface area contributed by atoms with Crippen molar-refractivity contribution in [3.63, 3.8) is 0 Å². The van der Waals surface area contributed by atoms with E-state index in [9.17, 15) is 17.6 Å². The first-order valence-corrected chi connectivity index (χ1v) is 9.33. The lowest BCUT2D eigenvalue weighted by molar-refractivity contribution is -0.224. The van der Waals surface area contributed by atoms with E-state index in [-0.39, 0.29) is 6.42 Å². The van der Waals surface area contributed by atoms with Crippen LogP contribution in [0.2, 0.25) is 0 Å². The molecule has 3 rings (SSSR count). The second kappa shape index (κ2) is 7.42. The molecule has 0 N–H and O–H groups in total. The van der Waals surface area contributed by atoms with Crippen molar-refractivity contribution < 1.29 is 17.6 Å². The fourth-order valence-corrected chi connectivity index (χ4v) is 3.55. The predicted octanol–water partition coefficient (Wildman–Crippen LogP) is 7.15. The van der Waals surface area contributed by atoms with Crippen LogP contribution < -0.4 is 0 Å². The van der Waals surface area contributed by atoms with Crippen LogP contribution in [0.1, 0.15) is 55.7 Å². The van der Waals surface area contributed by atoms with Gasteiger partial charge in [0, 0.05) is 12.0 Å². The normalized spacial score (nSPS) is 17.7. The van der Waals surface area contributed by atoms with Crippen LogP contribution in [0.5, 0.6) is 0 Å². The minimum atomic E-state index is -4.10. The van der Waals surface area contributed by atoms with Crippen molar-refractivity contribution in [2.24, 2.45) is 0 Å². The van der Waals surface area contributed by atoms with Gasteiger partial charge in [-0.2, -0.15) is 17.6 Å². The minimum Gasteiger partial charge on any atom is -0.199 e. The van der Waals surface area contributed by atoms with Crippen molar-refractivity contribution in [3.8, 4) is 11.1 Å². The Balaban J connectivity index is 1.77. The molecular formula is C22H24F4. The summed E-state index contributed by atoms with van der Waals surface area (Å²) in [5.74, 6) is -8.07. The van der Waals surface area contributed by atoms with Crippen molar-refractivity contribution in [2.45, 2.75) is 63.7 Å². The quantitative estimate of drug-likeness (QED) is 0.377. The monoisotopic (exact) mass is 364 g/mol. The Morgan fingerprint density at radius 2 is 1.54 bits per heavy atom. The number of aryl methyl sites for hydroxylation is 2. The van der Waals surface area contributed by atoms with Crippen molar-refractivity contribution in [3.05, 3.63) is 59.2 Å². The van der Waals surface area contributed by atoms with E-state index in [1.807, 2.05) is 12.1 Å². The molecule has 4 heteroatoms. The zero-order chi connectivity index (χ0) is 18.8. The zero-order valence-electron chi connectivity index (χ0n) is 15.0. The summed E-state index contributed by atoms with van der Waals surface area (Å²) in [7, 11) is 0. The highest BCUT2D eigenvalue weighted by molar-refractivity contribution is 5.66. The van der Waals surface area contributed by atoms with Crippen molar-refractivity contribution >= 4 is 0 Å². The molecule has 0 amide bonds. The van der Waals surface area contributed by atoms with Crippen molar-refractivity contribution in [1.82, 2.24) is 0 Å². The van der Waals surface area contributed by atoms with E-state index in [2.05, 4.69) is 19.1 Å². The number of rotatable bonds is 6. The van der Waals surface area contributed by atoms with Gasteiger partial charge in [0.05, 0.1) is 0 Å². The molecule has 2 aromatic carbocycles. The zero-order valence-corrected chi connectivity index (χ0v) is 15.0. The van der Waals surface area contributed by atoms with Gasteiger partial charge in [0.2, 0.25) is 0 Å². The molecule has 0 fully saturated rings. The molecule has 0 saturated carbocycles. The molecule has 0 spiro atoms. The molecule has 0 saturated heterocycles. The van der Waals surface area contributed by atoms with Crippen LogP contribution in [0.15, 0.2) is 42.5 Å². The Hall–Kier alpha value is -1.84. The van der Waals surface area contributed by atoms with Crippen LogP contribution in [0.25, 0.3) is 11.1 Å². The summed E-state index contributed by atoms with van der Waals surface area (Å²) in [6, 6.07) is 12.4. The Bertz CT molecular complexity index is 747. The summed E-state index contributed by atoms with van der Waals surface area (Å²) < 4.78 is 55.0. The molecule has 0 atom stereocenters. The highest BCUT2D eigenvalue weighted by atomic mass is 19.3. The van der Waals surface area contributed by atoms with Crippen LogP contribution in [0.4, 0.5) is 17.6 Å². The number of benzene rings is 2. The average molecular weight is 364 g/mol. The van der Waals surface area contributed by atoms with Gasteiger partial charge >= 0.3 is 11.8 Å². The maximum Gasteiger partial charge on any atom is 0.335 e. The third kappa shape index (κ3) is 3.65. The van der Waals surface area contributed by atoms with Crippen LogP contribution in [0, 0.1) is 0 Å². The summed E-state index contributed by atoms with van der Waals surface area (Å²) in [5.41, 5.74) is 2.76. The van der Waals surface area contributed by atoms with E-state index in [1.54, 1.807) is 6.07 Å². The highest BCUT2D eigenvalue weighted by Gasteiger charge is 2.59. The Morgan fingerprint density at radius 1 is 0.846 bits per heavy atom. The van der Waals surface area contributed by atoms with Gasteiger partial charge in [0.1, 0.15) is 0 Å². The molecule has 0 radical (unpaired) electrons. The summed E-state index contributed by atoms with van der Waals surface area (Å²) in [4.78, 5) is 0. The number of halogens is 4. The maximum absolute atomic E-state index is 14.0. The van der Waals surface area contributed by atoms with E-state index in [1.165, 1.54) is 30.9 Å². The molecular weight excluding hydrogens is 340 g/mol. The number of fused-ring (bicyclic) bond motifs is 1. The number of hydrogen-bond acceptors (Lipinski definition) is 0. The summed E-state index contributed by atoms with van der Waals surface area (Å²) in [5, 5.41) is 0. The van der Waals surface area contributed by atoms with Gasteiger partial charge in [-0.1, -0.05) is 68.7 Å². The van der Waals surface area contributed by atoms with E-state index in [0.29, 0.717) is 5.56 Å². The van der Waals surface area contributed by atoms with Crippen molar-refractivity contribution in [2.75, 3.05) is 0 Å². The topological polar surface area (TPSA) is 0 Å². The molecule has 0 heterocycles. The molecule has 2 aromatic rings. The second-order valence-corrected chi connectivity index (χ2v) is 7.16. The number of hydrogen-bond donors (Lipinski definition) is 0. The fraction of sp³-hybridized carbons (Fsp3) is 0.455. The largest absolute Gasteiger partial charge is 0.335 e. The Labute approximate surface area is 152 Å². The summed E-state index contributed by atoms with van der Waals surface area (Å²) >= 11 is 0. The lowest BCUT2D eigenvalue weighted by Crippen LogP contribution is -2.42. The second-order valence-electron chi connectivity index (χ2n) is 7.16. The summed E-state index contributed by atoms with van der Waals surface area (Å²) in [6.45, 7) is 2.18. The Morgan fingerprint density at radius 3 is 2.23 bits per heavy atom. The first-order valence-electron chi connectivity index (χ1n) is 9.33. The smallest absolute Gasteiger partial charge is 0.199 e. The van der Waals surface area contributed by atoms with Crippen LogP contribution in [-0.4, -0.2) is 5.92 Å². The molecule has 0 aliphatic heterocycles. The first kappa shape index (κ1) is 18.9. The molecule has 0 nitrogen and oxygen atoms in total. The lowest BCUT2D eigenvalue weighted by Gasteiger charge is -2.33. The first-order chi connectivity index (χ1) is 12.3. The number of unbranched alkanes of at least 4 members (excludes halogenated alkanes) is 3. The average Bonchev–Trinajstić information content (AvgIpc) is 2.63. The molecule has 1 aliphatic carbocycles. The summed E-state index contributed by atoms with van der Waals surface area (Å²) in [6.07, 6.45) is 5.04. The van der Waals surface area contributed by atoms with Gasteiger partial charge in [-0.25, -0.2) is 0 Å². The molecule has 0 bridgehead atoms. The molecule has 140 valence electrons. The minimum absolute atomic E-state index is 0.0265. The SMILES string of the molecule is CCCCCCc1ccc(-c2ccc3c(c2)CCC(F)(F)C3(F)F)cc1. The van der Waals surface area contributed by atoms with Gasteiger partial charge in [-0.3, -0.25) is 0 Å². The van der Waals surface area contributed by atoms with Crippen LogP contribution in [0.3, 0.4) is 0 Å². The standard InChI is InChI=1S/C22H24F4/c1-2-3-4-5-6-16-7-9-17(10-8-16)18-11-12-20-19(15-18)13-14-21(23,24)22(20,25)26/h7-12,15H,2-6,13-14H2,1H3. The molecule has 26 heavy (non-hydrogen) atoms. The third-order valence-electron chi connectivity index (χ3n) is 5.22. The van der Waals surface area contributed by atoms with Crippen molar-refractivity contribution in [1.29, 1.82) is 0 Å². The lowest BCUT2D eigenvalue weighted by atomic mass is 9.84. The van der Waals surface area contributed by atoms with E-state index < -0.39 is 23.8 Å². The molecule has 1 aliphatic rings. The third-order valence-corrected chi connectivity index (χ3v) is 5.22. The highest BCUT2D eigenvalue weighted by Crippen LogP contribution is 2.50. The van der Waals surface area contributed by atoms with E-state index >= 15 is 0 Å². The van der Waals surface area contributed by atoms with Gasteiger partial charge in [-0.15, -0.1) is 0 Å². The fourth-order valence-electron chi connectivity index (χ4n) is 3.55. The maximum atomic E-state index is 14.0. The Kier molecular flexibility index (Phi) is 5.40. The van der Waals surface area contributed by atoms with Gasteiger partial charge in [-0.05, 0) is 41.5 Å². The molecule has 0 unspecified atom stereocenters. The van der Waals surface area contributed by atoms with E-state index in [4.69, 9.17) is 0 Å². The number of alkyl halides is 4. The van der Waals surface area contributed by atoms with Gasteiger partial charge in [0.25, 0.3) is 0 Å². The van der Waals surface area contributed by atoms with Gasteiger partial charge < -0.3 is 0 Å².